The molecule has 0 bridgehead atoms. The second-order valence-corrected chi connectivity index (χ2v) is 4.48. The molecular weight excluding hydrogens is 270 g/mol. The van der Waals surface area contributed by atoms with E-state index < -0.39 is 0 Å². The van der Waals surface area contributed by atoms with Crippen molar-refractivity contribution in [3.63, 3.8) is 0 Å². The van der Waals surface area contributed by atoms with E-state index in [1.165, 1.54) is 0 Å². The number of benzene rings is 1. The average Bonchev–Trinajstić information content (AvgIpc) is 2.88. The highest BCUT2D eigenvalue weighted by Gasteiger charge is 2.13. The predicted octanol–water partition coefficient (Wildman–Crippen LogP) is 1.66. The van der Waals surface area contributed by atoms with Gasteiger partial charge < -0.3 is 20.2 Å². The Bertz CT molecular complexity index is 742. The molecule has 0 spiro atoms. The summed E-state index contributed by atoms with van der Waals surface area (Å²) in [6.07, 6.45) is 0. The zero-order valence-electron chi connectivity index (χ0n) is 11.5. The molecule has 7 nitrogen and oxygen atoms in total. The molecule has 0 aliphatic rings. The fraction of sp³-hybridized carbons (Fsp3) is 0.214. The minimum atomic E-state index is 0.126. The normalized spacial score (nSPS) is 10.9. The summed E-state index contributed by atoms with van der Waals surface area (Å²) in [6.45, 7) is 0.749. The molecule has 21 heavy (non-hydrogen) atoms. The Kier molecular flexibility index (Phi) is 3.65. The third-order valence-corrected chi connectivity index (χ3v) is 2.88. The second kappa shape index (κ2) is 5.76. The first-order valence-electron chi connectivity index (χ1n) is 6.44. The van der Waals surface area contributed by atoms with E-state index in [2.05, 4.69) is 19.9 Å². The minimum Gasteiger partial charge on any atom is -0.471 e. The Morgan fingerprint density at radius 3 is 2.67 bits per heavy atom. The first kappa shape index (κ1) is 13.3. The van der Waals surface area contributed by atoms with Crippen LogP contribution in [0.3, 0.4) is 0 Å². The molecule has 0 unspecified atom stereocenters. The molecule has 1 aromatic carbocycles. The Balaban J connectivity index is 1.89. The van der Waals surface area contributed by atoms with Crippen molar-refractivity contribution in [2.75, 3.05) is 12.8 Å². The fourth-order valence-corrected chi connectivity index (χ4v) is 1.97. The van der Waals surface area contributed by atoms with Gasteiger partial charge >= 0.3 is 0 Å². The number of nitrogen functional groups attached to an aromatic ring is 1. The van der Waals surface area contributed by atoms with Crippen molar-refractivity contribution in [1.82, 2.24) is 19.9 Å². The summed E-state index contributed by atoms with van der Waals surface area (Å²) in [5.41, 5.74) is 7.82. The molecule has 0 saturated heterocycles. The topological polar surface area (TPSA) is 98.9 Å². The van der Waals surface area contributed by atoms with Gasteiger partial charge in [-0.15, -0.1) is 0 Å². The summed E-state index contributed by atoms with van der Waals surface area (Å²) < 4.78 is 10.8. The van der Waals surface area contributed by atoms with Crippen LogP contribution in [-0.2, 0) is 18.0 Å². The van der Waals surface area contributed by atoms with E-state index in [-0.39, 0.29) is 5.95 Å². The molecule has 7 heteroatoms. The largest absolute Gasteiger partial charge is 0.471 e. The van der Waals surface area contributed by atoms with Crippen molar-refractivity contribution < 1.29 is 9.47 Å². The summed E-state index contributed by atoms with van der Waals surface area (Å²) in [4.78, 5) is 15.6. The lowest BCUT2D eigenvalue weighted by atomic mass is 10.2. The number of rotatable bonds is 5. The Morgan fingerprint density at radius 1 is 1.10 bits per heavy atom. The number of methoxy groups -OCH3 is 1. The van der Waals surface area contributed by atoms with Crippen molar-refractivity contribution in [2.45, 2.75) is 13.2 Å². The van der Waals surface area contributed by atoms with Crippen molar-refractivity contribution in [3.05, 3.63) is 41.7 Å². The van der Waals surface area contributed by atoms with Crippen LogP contribution in [0.5, 0.6) is 5.88 Å². The molecule has 3 N–H and O–H groups in total. The molecule has 0 atom stereocenters. The van der Waals surface area contributed by atoms with E-state index in [1.54, 1.807) is 7.11 Å². The van der Waals surface area contributed by atoms with Crippen molar-refractivity contribution in [3.8, 4) is 5.88 Å². The monoisotopic (exact) mass is 285 g/mol. The van der Waals surface area contributed by atoms with Gasteiger partial charge in [-0.3, -0.25) is 0 Å². The Labute approximate surface area is 121 Å². The molecule has 2 aromatic heterocycles. The zero-order chi connectivity index (χ0) is 14.7. The van der Waals surface area contributed by atoms with Gasteiger partial charge in [-0.25, -0.2) is 4.98 Å². The average molecular weight is 285 g/mol. The standard InChI is InChI=1S/C14H15N5O2/c1-20-8-10-16-11-12(17-10)18-14(15)19-13(11)21-7-9-5-3-2-4-6-9/h2-6H,7-8H2,1H3,(H3,15,16,17,18,19). The first-order chi connectivity index (χ1) is 10.3. The first-order valence-corrected chi connectivity index (χ1v) is 6.44. The van der Waals surface area contributed by atoms with Crippen molar-refractivity contribution >= 4 is 17.1 Å². The Morgan fingerprint density at radius 2 is 1.90 bits per heavy atom. The number of nitrogens with one attached hydrogen (secondary N) is 1. The number of fused-ring (bicyclic) bond motifs is 1. The molecule has 108 valence electrons. The lowest BCUT2D eigenvalue weighted by molar-refractivity contribution is 0.179. The van der Waals surface area contributed by atoms with Gasteiger partial charge in [0.2, 0.25) is 11.8 Å². The lowest BCUT2D eigenvalue weighted by Crippen LogP contribution is -2.02. The number of H-pyrrole nitrogens is 1. The van der Waals surface area contributed by atoms with Crippen LogP contribution in [0.4, 0.5) is 5.95 Å². The van der Waals surface area contributed by atoms with Gasteiger partial charge in [0, 0.05) is 7.11 Å². The maximum Gasteiger partial charge on any atom is 0.245 e. The number of imidazole rings is 1. The lowest BCUT2D eigenvalue weighted by Gasteiger charge is -2.06. The molecule has 0 amide bonds. The van der Waals surface area contributed by atoms with Crippen LogP contribution >= 0.6 is 0 Å². The Hall–Kier alpha value is -2.67. The van der Waals surface area contributed by atoms with Crippen LogP contribution in [0, 0.1) is 0 Å². The van der Waals surface area contributed by atoms with Crippen molar-refractivity contribution in [2.24, 2.45) is 0 Å². The number of aromatic amines is 1. The number of anilines is 1. The number of nitrogens with two attached hydrogens (primary N) is 1. The summed E-state index contributed by atoms with van der Waals surface area (Å²) in [5, 5.41) is 0. The molecule has 0 aliphatic heterocycles. The highest BCUT2D eigenvalue weighted by atomic mass is 16.5. The van der Waals surface area contributed by atoms with Crippen LogP contribution in [-0.4, -0.2) is 27.0 Å². The van der Waals surface area contributed by atoms with E-state index in [9.17, 15) is 0 Å². The van der Waals surface area contributed by atoms with E-state index in [1.807, 2.05) is 30.3 Å². The fourth-order valence-electron chi connectivity index (χ4n) is 1.97. The maximum absolute atomic E-state index is 5.73. The van der Waals surface area contributed by atoms with E-state index in [0.29, 0.717) is 36.1 Å². The van der Waals surface area contributed by atoms with Gasteiger partial charge in [0.05, 0.1) is 0 Å². The second-order valence-electron chi connectivity index (χ2n) is 4.48. The van der Waals surface area contributed by atoms with Gasteiger partial charge in [-0.2, -0.15) is 9.97 Å². The van der Waals surface area contributed by atoms with Crippen LogP contribution in [0.25, 0.3) is 11.2 Å². The third-order valence-electron chi connectivity index (χ3n) is 2.88. The van der Waals surface area contributed by atoms with Gasteiger partial charge in [-0.1, -0.05) is 30.3 Å². The quantitative estimate of drug-likeness (QED) is 0.739. The van der Waals surface area contributed by atoms with E-state index in [0.717, 1.165) is 5.56 Å². The summed E-state index contributed by atoms with van der Waals surface area (Å²) in [6, 6.07) is 9.82. The predicted molar refractivity (Wildman–Crippen MR) is 77.6 cm³/mol. The SMILES string of the molecule is COCc1nc2nc(N)nc(OCc3ccccc3)c2[nH]1. The van der Waals surface area contributed by atoms with Gasteiger partial charge in [-0.05, 0) is 5.56 Å². The molecule has 0 saturated carbocycles. The summed E-state index contributed by atoms with van der Waals surface area (Å²) >= 11 is 0. The van der Waals surface area contributed by atoms with Crippen LogP contribution in [0.15, 0.2) is 30.3 Å². The van der Waals surface area contributed by atoms with E-state index in [4.69, 9.17) is 15.2 Å². The van der Waals surface area contributed by atoms with Gasteiger partial charge in [0.25, 0.3) is 0 Å². The van der Waals surface area contributed by atoms with Crippen LogP contribution in [0.2, 0.25) is 0 Å². The number of aromatic nitrogens is 4. The van der Waals surface area contributed by atoms with Gasteiger partial charge in [0.15, 0.2) is 5.65 Å². The highest BCUT2D eigenvalue weighted by molar-refractivity contribution is 5.77. The molecule has 0 fully saturated rings. The molecule has 3 rings (SSSR count). The van der Waals surface area contributed by atoms with Gasteiger partial charge in [0.1, 0.15) is 24.6 Å². The summed E-state index contributed by atoms with van der Waals surface area (Å²) in [7, 11) is 1.60. The highest BCUT2D eigenvalue weighted by Crippen LogP contribution is 2.22. The summed E-state index contributed by atoms with van der Waals surface area (Å²) in [5.74, 6) is 1.16. The number of ether oxygens (including phenoxy) is 2. The number of nitrogens with zero attached hydrogens (tertiary/aromatic N) is 3. The van der Waals surface area contributed by atoms with E-state index >= 15 is 0 Å². The number of hydrogen-bond donors (Lipinski definition) is 2. The molecule has 3 aromatic rings. The minimum absolute atomic E-state index is 0.126. The third kappa shape index (κ3) is 2.92. The van der Waals surface area contributed by atoms with Crippen molar-refractivity contribution in [1.29, 1.82) is 0 Å². The maximum atomic E-state index is 5.73. The molecule has 0 radical (unpaired) electrons. The smallest absolute Gasteiger partial charge is 0.245 e. The zero-order valence-corrected chi connectivity index (χ0v) is 11.5. The van der Waals surface area contributed by atoms with Crippen LogP contribution in [0.1, 0.15) is 11.4 Å². The molecular formula is C14H15N5O2. The molecule has 2 heterocycles. The molecule has 0 aliphatic carbocycles. The number of hydrogen-bond acceptors (Lipinski definition) is 6. The van der Waals surface area contributed by atoms with Crippen LogP contribution < -0.4 is 10.5 Å².